The first-order valence-electron chi connectivity index (χ1n) is 15.2. The molecule has 5 aliphatic rings. The third-order valence-electron chi connectivity index (χ3n) is 10.0. The summed E-state index contributed by atoms with van der Waals surface area (Å²) in [6, 6.07) is 4.45. The van der Waals surface area contributed by atoms with E-state index in [1.165, 1.54) is 5.57 Å². The van der Waals surface area contributed by atoms with Crippen molar-refractivity contribution >= 4 is 17.6 Å². The SMILES string of the molecule is C=C1[C@H]2C[C@H](NC(=O)[C@@H]3[C@H]([C@H](C)O)[C@H](CO)ON3CC3=C(OC)C(c4cc(C(=O)O)cc(N(C)C)c4)CC=C3)[C@@H](C)[C@@H]1C2. The number of aliphatic hydroxyl groups excluding tert-OH is 2. The Kier molecular flexibility index (Phi) is 9.04. The van der Waals surface area contributed by atoms with Gasteiger partial charge in [0.2, 0.25) is 5.91 Å². The number of hydrogen-bond acceptors (Lipinski definition) is 8. The highest BCUT2D eigenvalue weighted by atomic mass is 16.7. The monoisotopic (exact) mass is 595 g/mol. The highest BCUT2D eigenvalue weighted by Gasteiger charge is 2.52. The quantitative estimate of drug-likeness (QED) is 0.301. The first-order chi connectivity index (χ1) is 20.4. The third-order valence-corrected chi connectivity index (χ3v) is 10.0. The van der Waals surface area contributed by atoms with Gasteiger partial charge in [0.1, 0.15) is 17.9 Å². The summed E-state index contributed by atoms with van der Waals surface area (Å²) >= 11 is 0. The van der Waals surface area contributed by atoms with Crippen molar-refractivity contribution in [3.05, 3.63) is 65.0 Å². The van der Waals surface area contributed by atoms with E-state index in [0.717, 1.165) is 29.7 Å². The molecule has 4 fully saturated rings. The molecule has 43 heavy (non-hydrogen) atoms. The van der Waals surface area contributed by atoms with Gasteiger partial charge in [-0.3, -0.25) is 9.63 Å². The van der Waals surface area contributed by atoms with Crippen molar-refractivity contribution in [2.24, 2.45) is 23.7 Å². The molecule has 3 saturated carbocycles. The normalized spacial score (nSPS) is 32.8. The summed E-state index contributed by atoms with van der Waals surface area (Å²) in [7, 11) is 5.32. The van der Waals surface area contributed by atoms with E-state index in [2.05, 4.69) is 18.8 Å². The molecule has 1 aliphatic heterocycles. The van der Waals surface area contributed by atoms with Gasteiger partial charge in [-0.15, -0.1) is 0 Å². The summed E-state index contributed by atoms with van der Waals surface area (Å²) in [6.07, 6.45) is 4.88. The maximum Gasteiger partial charge on any atom is 0.335 e. The number of rotatable bonds is 10. The van der Waals surface area contributed by atoms with Crippen LogP contribution in [-0.2, 0) is 14.4 Å². The summed E-state index contributed by atoms with van der Waals surface area (Å²) < 4.78 is 5.94. The fraction of sp³-hybridized carbons (Fsp3) is 0.576. The zero-order valence-corrected chi connectivity index (χ0v) is 25.7. The van der Waals surface area contributed by atoms with E-state index in [1.54, 1.807) is 31.2 Å². The number of hydrogen-bond donors (Lipinski definition) is 4. The maximum atomic E-state index is 14.0. The Morgan fingerprint density at radius 2 is 2.00 bits per heavy atom. The Balaban J connectivity index is 1.44. The Morgan fingerprint density at radius 3 is 2.58 bits per heavy atom. The second kappa shape index (κ2) is 12.4. The smallest absolute Gasteiger partial charge is 0.335 e. The number of carbonyl (C=O) groups is 2. The lowest BCUT2D eigenvalue weighted by Gasteiger charge is -2.52. The van der Waals surface area contributed by atoms with Gasteiger partial charge in [-0.05, 0) is 67.7 Å². The number of methoxy groups -OCH3 is 1. The molecule has 0 radical (unpaired) electrons. The molecule has 1 aromatic carbocycles. The lowest BCUT2D eigenvalue weighted by Crippen LogP contribution is -2.57. The van der Waals surface area contributed by atoms with Gasteiger partial charge >= 0.3 is 5.97 Å². The van der Waals surface area contributed by atoms with Gasteiger partial charge in [-0.25, -0.2) is 4.79 Å². The number of carboxylic acid groups (broad SMARTS) is 1. The minimum absolute atomic E-state index is 0.00605. The molecular weight excluding hydrogens is 550 g/mol. The molecular formula is C33H45N3O7. The van der Waals surface area contributed by atoms with Crippen molar-refractivity contribution in [2.75, 3.05) is 39.3 Å². The van der Waals surface area contributed by atoms with Gasteiger partial charge in [0.05, 0.1) is 31.9 Å². The summed E-state index contributed by atoms with van der Waals surface area (Å²) in [5.74, 6) is -0.346. The number of fused-ring (bicyclic) bond motifs is 2. The Labute approximate surface area is 253 Å². The Hall–Kier alpha value is -3.18. The minimum Gasteiger partial charge on any atom is -0.500 e. The van der Waals surface area contributed by atoms with E-state index in [1.807, 2.05) is 37.2 Å². The molecule has 1 aromatic rings. The molecule has 0 spiro atoms. The van der Waals surface area contributed by atoms with Crippen LogP contribution in [0.5, 0.6) is 0 Å². The highest BCUT2D eigenvalue weighted by Crippen LogP contribution is 2.52. The summed E-state index contributed by atoms with van der Waals surface area (Å²) in [4.78, 5) is 33.9. The molecule has 2 bridgehead atoms. The summed E-state index contributed by atoms with van der Waals surface area (Å²) in [5, 5.41) is 35.5. The average molecular weight is 596 g/mol. The van der Waals surface area contributed by atoms with Crippen molar-refractivity contribution in [1.82, 2.24) is 10.4 Å². The summed E-state index contributed by atoms with van der Waals surface area (Å²) in [5.41, 5.74) is 3.83. The average Bonchev–Trinajstić information content (AvgIpc) is 3.35. The zero-order chi connectivity index (χ0) is 31.2. The van der Waals surface area contributed by atoms with Crippen molar-refractivity contribution in [3.63, 3.8) is 0 Å². The Morgan fingerprint density at radius 1 is 1.26 bits per heavy atom. The highest BCUT2D eigenvalue weighted by molar-refractivity contribution is 5.89. The van der Waals surface area contributed by atoms with E-state index < -0.39 is 30.1 Å². The van der Waals surface area contributed by atoms with Crippen LogP contribution in [0.4, 0.5) is 5.69 Å². The zero-order valence-electron chi connectivity index (χ0n) is 25.7. The lowest BCUT2D eigenvalue weighted by molar-refractivity contribution is -0.172. The van der Waals surface area contributed by atoms with Gasteiger partial charge in [0, 0.05) is 43.2 Å². The van der Waals surface area contributed by atoms with Crippen molar-refractivity contribution < 1.29 is 34.5 Å². The molecule has 1 amide bonds. The number of ether oxygens (including phenoxy) is 1. The minimum atomic E-state index is -1.01. The number of anilines is 1. The van der Waals surface area contributed by atoms with E-state index in [4.69, 9.17) is 9.57 Å². The number of benzene rings is 1. The van der Waals surface area contributed by atoms with Gasteiger partial charge in [0.25, 0.3) is 0 Å². The number of carbonyl (C=O) groups excluding carboxylic acids is 1. The first-order valence-corrected chi connectivity index (χ1v) is 15.2. The predicted octanol–water partition coefficient (Wildman–Crippen LogP) is 3.09. The number of nitrogens with zero attached hydrogens (tertiary/aromatic N) is 2. The van der Waals surface area contributed by atoms with Gasteiger partial charge < -0.3 is 30.3 Å². The molecule has 9 atom stereocenters. The molecule has 0 aromatic heterocycles. The lowest BCUT2D eigenvalue weighted by atomic mass is 9.56. The van der Waals surface area contributed by atoms with Gasteiger partial charge in [-0.2, -0.15) is 5.06 Å². The van der Waals surface area contributed by atoms with E-state index in [9.17, 15) is 24.9 Å². The largest absolute Gasteiger partial charge is 0.500 e. The topological polar surface area (TPSA) is 132 Å². The summed E-state index contributed by atoms with van der Waals surface area (Å²) in [6.45, 7) is 7.85. The molecule has 10 heteroatoms. The number of aromatic carboxylic acids is 1. The molecule has 1 saturated heterocycles. The third kappa shape index (κ3) is 5.85. The maximum absolute atomic E-state index is 14.0. The molecule has 6 rings (SSSR count). The number of allylic oxidation sites excluding steroid dienone is 3. The fourth-order valence-electron chi connectivity index (χ4n) is 7.52. The molecule has 1 unspecified atom stereocenters. The number of amides is 1. The number of carboxylic acids is 1. The van der Waals surface area contributed by atoms with E-state index in [0.29, 0.717) is 24.0 Å². The van der Waals surface area contributed by atoms with E-state index >= 15 is 0 Å². The van der Waals surface area contributed by atoms with Crippen molar-refractivity contribution in [2.45, 2.75) is 63.3 Å². The Bertz CT molecular complexity index is 1320. The molecule has 10 nitrogen and oxygen atoms in total. The van der Waals surface area contributed by atoms with Crippen LogP contribution in [0, 0.1) is 23.7 Å². The van der Waals surface area contributed by atoms with Crippen LogP contribution in [0.15, 0.2) is 53.8 Å². The van der Waals surface area contributed by atoms with Crippen LogP contribution >= 0.6 is 0 Å². The van der Waals surface area contributed by atoms with Crippen molar-refractivity contribution in [1.29, 1.82) is 0 Å². The number of nitrogens with one attached hydrogen (secondary N) is 1. The van der Waals surface area contributed by atoms with Crippen LogP contribution < -0.4 is 10.2 Å². The van der Waals surface area contributed by atoms with E-state index in [-0.39, 0.29) is 42.5 Å². The van der Waals surface area contributed by atoms with Crippen LogP contribution in [0.25, 0.3) is 0 Å². The molecule has 4 aliphatic carbocycles. The second-order valence-corrected chi connectivity index (χ2v) is 12.8. The second-order valence-electron chi connectivity index (χ2n) is 12.8. The number of hydroxylamine groups is 2. The molecule has 234 valence electrons. The first kappa shape index (κ1) is 31.3. The van der Waals surface area contributed by atoms with Crippen molar-refractivity contribution in [3.8, 4) is 0 Å². The van der Waals surface area contributed by atoms with Crippen LogP contribution in [-0.4, -0.2) is 90.9 Å². The number of aliphatic hydroxyl groups is 2. The van der Waals surface area contributed by atoms with Gasteiger partial charge in [-0.1, -0.05) is 31.2 Å². The molecule has 4 N–H and O–H groups in total. The fourth-order valence-corrected chi connectivity index (χ4v) is 7.52. The van der Waals surface area contributed by atoms with Crippen LogP contribution in [0.1, 0.15) is 54.9 Å². The van der Waals surface area contributed by atoms with Gasteiger partial charge in [0.15, 0.2) is 0 Å². The predicted molar refractivity (Wildman–Crippen MR) is 162 cm³/mol. The standard InChI is InChI=1S/C33H45N3O7/c1-17-21-13-26(17)18(2)27(14-21)34-32(39)30-29(19(3)38)28(16-37)43-36(30)15-20-8-7-9-25(31(20)42-6)22-10-23(33(40)41)12-24(11-22)35(4)5/h7-8,10-12,18-19,21,25-30,37-38H,1,9,13-16H2,2-6H3,(H,34,39)(H,40,41)/t18-,19-,21+,25?,26+,27-,28-,29+,30-/m0/s1. The van der Waals surface area contributed by atoms with Crippen LogP contribution in [0.2, 0.25) is 0 Å². The molecule has 1 heterocycles. The van der Waals surface area contributed by atoms with Crippen LogP contribution in [0.3, 0.4) is 0 Å².